The smallest absolute Gasteiger partial charge is 0.223 e. The lowest BCUT2D eigenvalue weighted by Crippen LogP contribution is -2.31. The van der Waals surface area contributed by atoms with Crippen LogP contribution < -0.4 is 5.73 Å². The number of nitrogens with two attached hydrogens (primary N) is 1. The van der Waals surface area contributed by atoms with Gasteiger partial charge in [0, 0.05) is 13.0 Å². The summed E-state index contributed by atoms with van der Waals surface area (Å²) in [7, 11) is 0. The van der Waals surface area contributed by atoms with Crippen molar-refractivity contribution in [2.24, 2.45) is 11.7 Å². The van der Waals surface area contributed by atoms with E-state index in [1.807, 2.05) is 41.3 Å². The molecule has 0 aliphatic carbocycles. The third-order valence-electron chi connectivity index (χ3n) is 4.11. The molecule has 3 rings (SSSR count). The molecule has 0 saturated carbocycles. The van der Waals surface area contributed by atoms with Crippen LogP contribution in [0.2, 0.25) is 0 Å². The number of benzene rings is 2. The molecule has 1 fully saturated rings. The molecule has 1 atom stereocenters. The molecule has 0 radical (unpaired) electrons. The van der Waals surface area contributed by atoms with Crippen molar-refractivity contribution in [1.29, 1.82) is 0 Å². The monoisotopic (exact) mass is 280 g/mol. The molecule has 108 valence electrons. The Labute approximate surface area is 125 Å². The van der Waals surface area contributed by atoms with Crippen molar-refractivity contribution in [2.75, 3.05) is 13.1 Å². The molecule has 21 heavy (non-hydrogen) atoms. The van der Waals surface area contributed by atoms with E-state index < -0.39 is 0 Å². The number of hydrogen-bond donors (Lipinski definition) is 1. The van der Waals surface area contributed by atoms with E-state index >= 15 is 0 Å². The van der Waals surface area contributed by atoms with Gasteiger partial charge in [0.05, 0.1) is 6.04 Å². The van der Waals surface area contributed by atoms with Crippen LogP contribution in [-0.4, -0.2) is 23.9 Å². The highest BCUT2D eigenvalue weighted by atomic mass is 16.2. The van der Waals surface area contributed by atoms with E-state index in [4.69, 9.17) is 5.73 Å². The van der Waals surface area contributed by atoms with Gasteiger partial charge in [-0.05, 0) is 23.6 Å². The maximum atomic E-state index is 12.4. The first-order valence-electron chi connectivity index (χ1n) is 7.39. The van der Waals surface area contributed by atoms with E-state index in [1.165, 1.54) is 0 Å². The number of nitrogens with zero attached hydrogens (tertiary/aromatic N) is 1. The average molecular weight is 280 g/mol. The summed E-state index contributed by atoms with van der Waals surface area (Å²) in [6.07, 6.45) is 0.562. The molecule has 2 N–H and O–H groups in total. The number of amides is 1. The minimum atomic E-state index is -0.0172. The van der Waals surface area contributed by atoms with Gasteiger partial charge in [-0.3, -0.25) is 4.79 Å². The normalized spacial score (nSPS) is 18.5. The Morgan fingerprint density at radius 2 is 1.52 bits per heavy atom. The van der Waals surface area contributed by atoms with Crippen LogP contribution >= 0.6 is 0 Å². The standard InChI is InChI=1S/C18H20N2O/c19-12-14-11-17(21)20(13-14)18(15-7-3-1-4-8-15)16-9-5-2-6-10-16/h1-10,14,18H,11-13,19H2. The predicted molar refractivity (Wildman–Crippen MR) is 83.6 cm³/mol. The summed E-state index contributed by atoms with van der Waals surface area (Å²) in [6, 6.07) is 20.4. The van der Waals surface area contributed by atoms with Crippen LogP contribution in [0, 0.1) is 5.92 Å². The average Bonchev–Trinajstić information content (AvgIpc) is 2.91. The fraction of sp³-hybridized carbons (Fsp3) is 0.278. The fourth-order valence-corrected chi connectivity index (χ4v) is 3.04. The lowest BCUT2D eigenvalue weighted by Gasteiger charge is -2.29. The van der Waals surface area contributed by atoms with Crippen molar-refractivity contribution in [3.8, 4) is 0 Å². The van der Waals surface area contributed by atoms with Crippen LogP contribution in [0.1, 0.15) is 23.6 Å². The summed E-state index contributed by atoms with van der Waals surface area (Å²) < 4.78 is 0. The fourth-order valence-electron chi connectivity index (χ4n) is 3.04. The molecule has 0 bridgehead atoms. The van der Waals surface area contributed by atoms with Crippen LogP contribution in [0.4, 0.5) is 0 Å². The van der Waals surface area contributed by atoms with Crippen molar-refractivity contribution in [3.05, 3.63) is 71.8 Å². The van der Waals surface area contributed by atoms with Gasteiger partial charge in [0.25, 0.3) is 0 Å². The second-order valence-corrected chi connectivity index (χ2v) is 5.58. The van der Waals surface area contributed by atoms with E-state index in [-0.39, 0.29) is 17.9 Å². The molecule has 1 saturated heterocycles. The quantitative estimate of drug-likeness (QED) is 0.935. The third-order valence-corrected chi connectivity index (χ3v) is 4.11. The van der Waals surface area contributed by atoms with Crippen LogP contribution in [0.15, 0.2) is 60.7 Å². The predicted octanol–water partition coefficient (Wildman–Crippen LogP) is 2.58. The molecular formula is C18H20N2O. The van der Waals surface area contributed by atoms with Crippen LogP contribution in [-0.2, 0) is 4.79 Å². The summed E-state index contributed by atoms with van der Waals surface area (Å²) in [6.45, 7) is 1.31. The maximum absolute atomic E-state index is 12.4. The molecule has 1 unspecified atom stereocenters. The lowest BCUT2D eigenvalue weighted by molar-refractivity contribution is -0.129. The lowest BCUT2D eigenvalue weighted by atomic mass is 9.97. The van der Waals surface area contributed by atoms with Crippen molar-refractivity contribution >= 4 is 5.91 Å². The van der Waals surface area contributed by atoms with E-state index in [1.54, 1.807) is 0 Å². The highest BCUT2D eigenvalue weighted by Crippen LogP contribution is 2.33. The highest BCUT2D eigenvalue weighted by molar-refractivity contribution is 5.79. The number of likely N-dealkylation sites (tertiary alicyclic amines) is 1. The third kappa shape index (κ3) is 2.83. The number of carbonyl (C=O) groups excluding carboxylic acids is 1. The van der Waals surface area contributed by atoms with E-state index in [0.29, 0.717) is 13.0 Å². The summed E-state index contributed by atoms with van der Waals surface area (Å²) in [4.78, 5) is 14.4. The Morgan fingerprint density at radius 3 is 1.95 bits per heavy atom. The molecule has 0 aromatic heterocycles. The molecule has 0 spiro atoms. The molecule has 1 aliphatic rings. The zero-order valence-corrected chi connectivity index (χ0v) is 12.0. The topological polar surface area (TPSA) is 46.3 Å². The molecule has 1 heterocycles. The molecule has 1 aliphatic heterocycles. The van der Waals surface area contributed by atoms with Crippen molar-refractivity contribution in [3.63, 3.8) is 0 Å². The Hall–Kier alpha value is -2.13. The van der Waals surface area contributed by atoms with Crippen LogP contribution in [0.25, 0.3) is 0 Å². The summed E-state index contributed by atoms with van der Waals surface area (Å²) >= 11 is 0. The van der Waals surface area contributed by atoms with E-state index in [2.05, 4.69) is 24.3 Å². The van der Waals surface area contributed by atoms with Crippen molar-refractivity contribution < 1.29 is 4.79 Å². The van der Waals surface area contributed by atoms with Gasteiger partial charge in [0.2, 0.25) is 5.91 Å². The van der Waals surface area contributed by atoms with Crippen LogP contribution in [0.5, 0.6) is 0 Å². The molecular weight excluding hydrogens is 260 g/mol. The van der Waals surface area contributed by atoms with Gasteiger partial charge in [-0.2, -0.15) is 0 Å². The van der Waals surface area contributed by atoms with Gasteiger partial charge in [-0.15, -0.1) is 0 Å². The van der Waals surface area contributed by atoms with Crippen LogP contribution in [0.3, 0.4) is 0 Å². The van der Waals surface area contributed by atoms with Crippen molar-refractivity contribution in [2.45, 2.75) is 12.5 Å². The number of hydrogen-bond acceptors (Lipinski definition) is 2. The van der Waals surface area contributed by atoms with E-state index in [9.17, 15) is 4.79 Å². The Morgan fingerprint density at radius 1 is 1.00 bits per heavy atom. The first-order valence-corrected chi connectivity index (χ1v) is 7.39. The summed E-state index contributed by atoms with van der Waals surface area (Å²) in [5.74, 6) is 0.468. The molecule has 3 nitrogen and oxygen atoms in total. The Balaban J connectivity index is 1.99. The first kappa shape index (κ1) is 13.8. The second kappa shape index (κ2) is 6.10. The van der Waals surface area contributed by atoms with Gasteiger partial charge in [0.1, 0.15) is 0 Å². The number of carbonyl (C=O) groups is 1. The first-order chi connectivity index (χ1) is 10.3. The SMILES string of the molecule is NCC1CC(=O)N(C(c2ccccc2)c2ccccc2)C1. The zero-order valence-electron chi connectivity index (χ0n) is 12.0. The summed E-state index contributed by atoms with van der Waals surface area (Å²) in [5.41, 5.74) is 8.05. The molecule has 1 amide bonds. The molecule has 2 aromatic rings. The second-order valence-electron chi connectivity index (χ2n) is 5.58. The zero-order chi connectivity index (χ0) is 14.7. The van der Waals surface area contributed by atoms with Gasteiger partial charge in [0.15, 0.2) is 0 Å². The molecule has 2 aromatic carbocycles. The van der Waals surface area contributed by atoms with Gasteiger partial charge < -0.3 is 10.6 Å². The maximum Gasteiger partial charge on any atom is 0.223 e. The van der Waals surface area contributed by atoms with E-state index in [0.717, 1.165) is 17.7 Å². The minimum Gasteiger partial charge on any atom is -0.331 e. The highest BCUT2D eigenvalue weighted by Gasteiger charge is 2.34. The van der Waals surface area contributed by atoms with Gasteiger partial charge in [-0.25, -0.2) is 0 Å². The van der Waals surface area contributed by atoms with Gasteiger partial charge >= 0.3 is 0 Å². The number of rotatable bonds is 4. The Bertz CT molecular complexity index is 558. The van der Waals surface area contributed by atoms with Crippen molar-refractivity contribution in [1.82, 2.24) is 4.90 Å². The minimum absolute atomic E-state index is 0.0172. The largest absolute Gasteiger partial charge is 0.331 e. The molecule has 3 heteroatoms. The van der Waals surface area contributed by atoms with Gasteiger partial charge in [-0.1, -0.05) is 60.7 Å². The Kier molecular flexibility index (Phi) is 4.02. The summed E-state index contributed by atoms with van der Waals surface area (Å²) in [5, 5.41) is 0.